The lowest BCUT2D eigenvalue weighted by molar-refractivity contribution is 0.0979. The number of carbonyl (C=O) groups excluding carboxylic acids is 2. The van der Waals surface area contributed by atoms with Gasteiger partial charge >= 0.3 is 0 Å². The molecule has 3 rings (SSSR count). The summed E-state index contributed by atoms with van der Waals surface area (Å²) in [5.41, 5.74) is 1.97. The Morgan fingerprint density at radius 3 is 2.10 bits per heavy atom. The highest BCUT2D eigenvalue weighted by Crippen LogP contribution is 2.30. The Bertz CT molecular complexity index is 709. The van der Waals surface area contributed by atoms with E-state index in [0.29, 0.717) is 28.1 Å². The maximum absolute atomic E-state index is 12.5. The maximum atomic E-state index is 12.5. The summed E-state index contributed by atoms with van der Waals surface area (Å²) in [5.74, 6) is 1.17. The molecular formula is C16H11ClO2S. The minimum atomic E-state index is -0.0801. The molecule has 1 aliphatic rings. The molecule has 2 nitrogen and oxygen atoms in total. The number of fused-ring (bicyclic) bond motifs is 2. The number of thioether (sulfide) groups is 1. The summed E-state index contributed by atoms with van der Waals surface area (Å²) in [6.07, 6.45) is 0. The van der Waals surface area contributed by atoms with E-state index in [0.717, 1.165) is 10.6 Å². The van der Waals surface area contributed by atoms with E-state index in [1.165, 1.54) is 0 Å². The molecule has 0 unspecified atom stereocenters. The zero-order valence-corrected chi connectivity index (χ0v) is 12.1. The van der Waals surface area contributed by atoms with E-state index in [2.05, 4.69) is 0 Å². The Hall–Kier alpha value is -1.58. The molecule has 0 saturated carbocycles. The van der Waals surface area contributed by atoms with E-state index in [9.17, 15) is 9.59 Å². The van der Waals surface area contributed by atoms with Crippen molar-refractivity contribution in [3.05, 3.63) is 64.7 Å². The lowest BCUT2D eigenvalue weighted by atomic mass is 9.84. The Morgan fingerprint density at radius 1 is 0.850 bits per heavy atom. The van der Waals surface area contributed by atoms with Gasteiger partial charge in [-0.2, -0.15) is 0 Å². The SMILES string of the molecule is O=C1c2ccccc2C(=O)c2cc(SCCCl)ccc21. The van der Waals surface area contributed by atoms with Crippen LogP contribution in [0.4, 0.5) is 0 Å². The van der Waals surface area contributed by atoms with Gasteiger partial charge in [0.1, 0.15) is 0 Å². The van der Waals surface area contributed by atoms with Crippen molar-refractivity contribution < 1.29 is 9.59 Å². The minimum Gasteiger partial charge on any atom is -0.289 e. The van der Waals surface area contributed by atoms with Crippen molar-refractivity contribution in [2.24, 2.45) is 0 Å². The Morgan fingerprint density at radius 2 is 1.45 bits per heavy atom. The minimum absolute atomic E-state index is 0.0795. The number of ketones is 2. The molecule has 0 amide bonds. The van der Waals surface area contributed by atoms with Crippen LogP contribution in [0.1, 0.15) is 31.8 Å². The molecule has 0 spiro atoms. The van der Waals surface area contributed by atoms with Gasteiger partial charge in [0.25, 0.3) is 0 Å². The predicted octanol–water partition coefficient (Wildman–Crippen LogP) is 3.79. The number of rotatable bonds is 3. The molecule has 2 aromatic carbocycles. The standard InChI is InChI=1S/C16H11ClO2S/c17-7-8-20-10-5-6-13-14(9-10)16(19)12-4-2-1-3-11(12)15(13)18/h1-6,9H,7-8H2. The van der Waals surface area contributed by atoms with Crippen LogP contribution < -0.4 is 0 Å². The average molecular weight is 303 g/mol. The molecule has 0 atom stereocenters. The number of halogens is 1. The summed E-state index contributed by atoms with van der Waals surface area (Å²) >= 11 is 7.25. The fourth-order valence-corrected chi connectivity index (χ4v) is 3.23. The molecule has 1 aliphatic carbocycles. The Balaban J connectivity index is 2.09. The summed E-state index contributed by atoms with van der Waals surface area (Å²) in [6, 6.07) is 12.4. The third kappa shape index (κ3) is 2.17. The first-order valence-corrected chi connectivity index (χ1v) is 7.75. The molecule has 2 aromatic rings. The van der Waals surface area contributed by atoms with Gasteiger partial charge in [0.05, 0.1) is 0 Å². The molecule has 0 aromatic heterocycles. The number of hydrogen-bond donors (Lipinski definition) is 0. The highest BCUT2D eigenvalue weighted by atomic mass is 35.5. The molecule has 0 fully saturated rings. The zero-order chi connectivity index (χ0) is 14.1. The van der Waals surface area contributed by atoms with Crippen LogP contribution in [-0.2, 0) is 0 Å². The Kier molecular flexibility index (Phi) is 3.64. The summed E-state index contributed by atoms with van der Waals surface area (Å²) in [5, 5.41) is 0. The van der Waals surface area contributed by atoms with Gasteiger partial charge < -0.3 is 0 Å². The third-order valence-corrected chi connectivity index (χ3v) is 4.65. The lowest BCUT2D eigenvalue weighted by Gasteiger charge is -2.17. The summed E-state index contributed by atoms with van der Waals surface area (Å²) < 4.78 is 0. The lowest BCUT2D eigenvalue weighted by Crippen LogP contribution is -2.20. The van der Waals surface area contributed by atoms with E-state index in [1.807, 2.05) is 6.07 Å². The van der Waals surface area contributed by atoms with Crippen LogP contribution in [0, 0.1) is 0 Å². The van der Waals surface area contributed by atoms with Gasteiger partial charge in [0.2, 0.25) is 0 Å². The van der Waals surface area contributed by atoms with Crippen LogP contribution in [0.25, 0.3) is 0 Å². The fourth-order valence-electron chi connectivity index (χ4n) is 2.32. The number of benzene rings is 2. The van der Waals surface area contributed by atoms with Gasteiger partial charge in [-0.15, -0.1) is 23.4 Å². The van der Waals surface area contributed by atoms with Crippen molar-refractivity contribution in [1.29, 1.82) is 0 Å². The van der Waals surface area contributed by atoms with E-state index >= 15 is 0 Å². The second-order valence-corrected chi connectivity index (χ2v) is 5.99. The fraction of sp³-hybridized carbons (Fsp3) is 0.125. The van der Waals surface area contributed by atoms with Crippen LogP contribution >= 0.6 is 23.4 Å². The smallest absolute Gasteiger partial charge is 0.194 e. The van der Waals surface area contributed by atoms with E-state index in [1.54, 1.807) is 48.2 Å². The molecule has 0 saturated heterocycles. The number of hydrogen-bond acceptors (Lipinski definition) is 3. The molecule has 4 heteroatoms. The number of carbonyl (C=O) groups is 2. The first kappa shape index (κ1) is 13.4. The average Bonchev–Trinajstić information content (AvgIpc) is 2.50. The van der Waals surface area contributed by atoms with Crippen LogP contribution in [0.2, 0.25) is 0 Å². The second kappa shape index (κ2) is 5.43. The van der Waals surface area contributed by atoms with Crippen molar-refractivity contribution in [2.45, 2.75) is 4.90 Å². The van der Waals surface area contributed by atoms with E-state index in [-0.39, 0.29) is 11.6 Å². The van der Waals surface area contributed by atoms with E-state index in [4.69, 9.17) is 11.6 Å². The van der Waals surface area contributed by atoms with Gasteiger partial charge in [-0.25, -0.2) is 0 Å². The summed E-state index contributed by atoms with van der Waals surface area (Å²) in [7, 11) is 0. The molecule has 0 heterocycles. The van der Waals surface area contributed by atoms with Crippen molar-refractivity contribution in [3.8, 4) is 0 Å². The van der Waals surface area contributed by atoms with Gasteiger partial charge in [-0.05, 0) is 18.2 Å². The van der Waals surface area contributed by atoms with Crippen LogP contribution in [0.5, 0.6) is 0 Å². The normalized spacial score (nSPS) is 13.1. The quantitative estimate of drug-likeness (QED) is 0.545. The van der Waals surface area contributed by atoms with Crippen molar-refractivity contribution in [1.82, 2.24) is 0 Å². The van der Waals surface area contributed by atoms with Crippen LogP contribution in [-0.4, -0.2) is 23.2 Å². The highest BCUT2D eigenvalue weighted by Gasteiger charge is 2.29. The molecule has 0 radical (unpaired) electrons. The second-order valence-electron chi connectivity index (χ2n) is 4.45. The first-order valence-electron chi connectivity index (χ1n) is 6.23. The van der Waals surface area contributed by atoms with Crippen molar-refractivity contribution in [3.63, 3.8) is 0 Å². The molecule has 0 N–H and O–H groups in total. The molecule has 100 valence electrons. The van der Waals surface area contributed by atoms with Gasteiger partial charge in [-0.3, -0.25) is 9.59 Å². The van der Waals surface area contributed by atoms with E-state index < -0.39 is 0 Å². The molecule has 0 aliphatic heterocycles. The zero-order valence-electron chi connectivity index (χ0n) is 10.6. The molecule has 20 heavy (non-hydrogen) atoms. The van der Waals surface area contributed by atoms with Crippen molar-refractivity contribution in [2.75, 3.05) is 11.6 Å². The van der Waals surface area contributed by atoms with Gasteiger partial charge in [0.15, 0.2) is 11.6 Å². The topological polar surface area (TPSA) is 34.1 Å². The molecular weight excluding hydrogens is 292 g/mol. The van der Waals surface area contributed by atoms with Crippen LogP contribution in [0.15, 0.2) is 47.4 Å². The first-order chi connectivity index (χ1) is 9.72. The highest BCUT2D eigenvalue weighted by molar-refractivity contribution is 7.99. The van der Waals surface area contributed by atoms with Crippen molar-refractivity contribution >= 4 is 34.9 Å². The monoisotopic (exact) mass is 302 g/mol. The van der Waals surface area contributed by atoms with Gasteiger partial charge in [-0.1, -0.05) is 24.3 Å². The third-order valence-electron chi connectivity index (χ3n) is 3.24. The largest absolute Gasteiger partial charge is 0.289 e. The maximum Gasteiger partial charge on any atom is 0.194 e. The summed E-state index contributed by atoms with van der Waals surface area (Å²) in [4.78, 5) is 25.9. The molecule has 0 bridgehead atoms. The summed E-state index contributed by atoms with van der Waals surface area (Å²) in [6.45, 7) is 0. The predicted molar refractivity (Wildman–Crippen MR) is 81.2 cm³/mol. The van der Waals surface area contributed by atoms with Crippen LogP contribution in [0.3, 0.4) is 0 Å². The Labute approximate surface area is 126 Å². The number of alkyl halides is 1. The van der Waals surface area contributed by atoms with Gasteiger partial charge in [0, 0.05) is 38.8 Å².